The van der Waals surface area contributed by atoms with Gasteiger partial charge in [0.2, 0.25) is 11.4 Å². The molecule has 5 aromatic carbocycles. The van der Waals surface area contributed by atoms with Gasteiger partial charge in [-0.3, -0.25) is 18.3 Å². The van der Waals surface area contributed by atoms with Crippen molar-refractivity contribution in [3.05, 3.63) is 178 Å². The second-order valence-electron chi connectivity index (χ2n) is 26.9. The fourth-order valence-corrected chi connectivity index (χ4v) is 14.9. The van der Waals surface area contributed by atoms with E-state index < -0.39 is 99.7 Å². The molecule has 110 heavy (non-hydrogen) atoms. The number of hydrogen-bond acceptors (Lipinski definition) is 20. The third kappa shape index (κ3) is 26.6. The Kier molecular flexibility index (Phi) is 37.7. The van der Waals surface area contributed by atoms with Gasteiger partial charge in [0.25, 0.3) is 20.2 Å². The standard InChI is InChI=1S/C32H40N2O8S2.C24H27N2O2.C16H19NO7S.CH3F.2CO2.K.O3S/c1-6-7-8-18-33-25-17-16-22(44(40,41)42)21-24(25)31(2,3)27(33)14-10-15-28-32(4,5)29-23(30(35)36)12-9-13-26(29)34(28)19-11-20-43(37,38)39;1-24(2)20-13-8-9-14-21(20)26(18-10-4-7-15-23(27)28)22(24)16-17-25-19-11-5-3-6-12-19;1-9-16(2,3)13-11(15(20)21)7-10(14(18)19)8-12(13)17(9)5-4-6-25(22,23)24;1-2;2*2-1-3;;1-4(2)3/h9-10,12-17,21H,6-8,11,18-20H2,1-5H3,(H2-,35,36,37,38,39,40,41,42);3,5-6,9,11-14,16-17H,4,7,10,15,18H2,1-2H3,(H,27,28);7-8H,4-6H2,1-3H3,(H2-,18,19,20,21,22,23,24);1H3;;;;/q;-1;;;;;+1;/p+2/i;;;1D;;;;. The van der Waals surface area contributed by atoms with Gasteiger partial charge in [0.05, 0.1) is 67.9 Å². The molecule has 4 aliphatic rings. The molecule has 0 unspecified atom stereocenters. The van der Waals surface area contributed by atoms with E-state index in [-0.39, 0.29) is 123 Å². The summed E-state index contributed by atoms with van der Waals surface area (Å²) >= 11 is 0. The SMILES string of the molecule is CC1(C)C(/C=C/Nc2ccccc2)=[N+](CCCCCC(=O)O)c2cc[c-]cc21.CC1=[N+](CCCS(=O)(=O)[O-])c2cc(C(=O)O)cc(C(=O)O)c2C1(C)C.CCCCCN1/C(=C/C=C/C2=[N+](CCCS(=O)(=O)O)c3cccc(C(=O)O)c3C2(C)C)C(C)(C)c2cc(S(=O)(=O)O)ccc21.O=C=O.O=C=O.O=S(=O)=O.[2H]CF.[K+]. The molecule has 0 saturated heterocycles. The molecule has 0 aliphatic carbocycles. The Bertz CT molecular complexity index is 4940. The number of fused-ring (bicyclic) bond motifs is 4. The molecule has 0 aromatic heterocycles. The number of hydrogen-bond donors (Lipinski definition) is 7. The molecule has 9 rings (SSSR count). The molecule has 0 fully saturated rings. The van der Waals surface area contributed by atoms with Crippen LogP contribution in [0.4, 0.5) is 32.8 Å². The van der Waals surface area contributed by atoms with Crippen molar-refractivity contribution in [2.24, 2.45) is 0 Å². The molecule has 4 aliphatic heterocycles. The van der Waals surface area contributed by atoms with E-state index in [1.165, 1.54) is 35.2 Å². The van der Waals surface area contributed by atoms with Crippen LogP contribution in [-0.4, -0.2) is 184 Å². The summed E-state index contributed by atoms with van der Waals surface area (Å²) in [5.41, 5.74) is 8.90. The zero-order valence-corrected chi connectivity index (χ0v) is 69.2. The first-order valence-corrected chi connectivity index (χ1v) is 39.3. The van der Waals surface area contributed by atoms with E-state index in [0.29, 0.717) is 29.0 Å². The molecule has 590 valence electrons. The number of carboxylic acid groups (broad SMARTS) is 4. The van der Waals surface area contributed by atoms with Gasteiger partial charge >= 0.3 is 98.2 Å². The summed E-state index contributed by atoms with van der Waals surface area (Å²) in [5.74, 6) is -5.23. The molecule has 0 radical (unpaired) electrons. The van der Waals surface area contributed by atoms with Crippen LogP contribution in [0.15, 0.2) is 138 Å². The molecule has 7 N–H and O–H groups in total. The number of nitrogens with zero attached hydrogens (tertiary/aromatic N) is 4. The van der Waals surface area contributed by atoms with Crippen molar-refractivity contribution in [3.63, 3.8) is 0 Å². The Labute approximate surface area is 684 Å². The van der Waals surface area contributed by atoms with E-state index in [0.717, 1.165) is 85.2 Å². The number of rotatable bonds is 27. The average Bonchev–Trinajstić information content (AvgIpc) is 1.61. The fraction of sp³-hybridized carbons (Fsp3) is 0.400. The fourth-order valence-electron chi connectivity index (χ4n) is 13.4. The summed E-state index contributed by atoms with van der Waals surface area (Å²) in [6.45, 7) is 21.9. The molecule has 29 nitrogen and oxygen atoms in total. The van der Waals surface area contributed by atoms with E-state index in [1.54, 1.807) is 29.7 Å². The molecule has 0 atom stereocenters. The molecular weight excluding hydrogens is 1540 g/mol. The first-order valence-electron chi connectivity index (χ1n) is 34.4. The van der Waals surface area contributed by atoms with Crippen LogP contribution in [0.1, 0.15) is 182 Å². The maximum absolute atomic E-state index is 12.2. The number of unbranched alkanes of at least 4 members (excludes halogenated alkanes) is 4. The zero-order valence-electron chi connectivity index (χ0n) is 63.8. The van der Waals surface area contributed by atoms with Crippen LogP contribution in [0.3, 0.4) is 0 Å². The van der Waals surface area contributed by atoms with Gasteiger partial charge in [-0.25, -0.2) is 27.4 Å². The predicted molar refractivity (Wildman–Crippen MR) is 399 cm³/mol. The predicted octanol–water partition coefficient (Wildman–Crippen LogP) is 7.68. The number of nitrogens with one attached hydrogen (secondary N) is 1. The normalized spacial score (nSPS) is 15.3. The van der Waals surface area contributed by atoms with Gasteiger partial charge < -0.3 is 35.2 Å². The third-order valence-corrected chi connectivity index (χ3v) is 20.9. The van der Waals surface area contributed by atoms with E-state index >= 15 is 0 Å². The smallest absolute Gasteiger partial charge is 0.748 e. The first kappa shape index (κ1) is 95.7. The molecule has 0 spiro atoms. The van der Waals surface area contributed by atoms with Gasteiger partial charge in [0.15, 0.2) is 17.1 Å². The van der Waals surface area contributed by atoms with Crippen molar-refractivity contribution >= 4 is 123 Å². The van der Waals surface area contributed by atoms with Gasteiger partial charge in [0.1, 0.15) is 25.3 Å². The minimum absolute atomic E-state index is 0. The largest absolute Gasteiger partial charge is 1.00 e. The second kappa shape index (κ2) is 43.3. The molecule has 35 heteroatoms. The van der Waals surface area contributed by atoms with E-state index in [1.807, 2.05) is 113 Å². The van der Waals surface area contributed by atoms with Crippen LogP contribution < -0.4 is 61.6 Å². The van der Waals surface area contributed by atoms with Crippen molar-refractivity contribution in [2.45, 2.75) is 154 Å². The summed E-state index contributed by atoms with van der Waals surface area (Å²) in [6.07, 6.45) is 16.4. The summed E-state index contributed by atoms with van der Waals surface area (Å²) in [5, 5.41) is 40.9. The molecule has 0 amide bonds. The number of carbonyl (C=O) groups is 4. The van der Waals surface area contributed by atoms with Gasteiger partial charge in [-0.15, -0.1) is 18.7 Å². The van der Waals surface area contributed by atoms with Gasteiger partial charge in [-0.05, 0) is 101 Å². The van der Waals surface area contributed by atoms with Crippen LogP contribution in [0.25, 0.3) is 0 Å². The van der Waals surface area contributed by atoms with Crippen molar-refractivity contribution < 1.29 is 181 Å². The second-order valence-corrected chi connectivity index (χ2v) is 31.8. The number of alkyl halides is 1. The van der Waals surface area contributed by atoms with E-state index in [9.17, 15) is 77.8 Å². The maximum atomic E-state index is 12.2. The van der Waals surface area contributed by atoms with Crippen molar-refractivity contribution in [3.8, 4) is 0 Å². The van der Waals surface area contributed by atoms with Crippen molar-refractivity contribution in [2.75, 3.05) is 55.1 Å². The minimum atomic E-state index is -4.39. The Hall–Kier alpha value is -8.51. The first-order chi connectivity index (χ1) is 51.2. The van der Waals surface area contributed by atoms with Gasteiger partial charge in [-0.1, -0.05) is 83.4 Å². The van der Waals surface area contributed by atoms with Crippen LogP contribution in [0, 0.1) is 6.07 Å². The quantitative estimate of drug-likeness (QED) is 0.00871. The molecular formula is C75H91FKN5O24S4+2. The zero-order chi connectivity index (χ0) is 83.5. The molecule has 0 saturated carbocycles. The monoisotopic (exact) mass is 1630 g/mol. The molecule has 4 heterocycles. The number of aliphatic carboxylic acids is 1. The number of carboxylic acids is 4. The molecule has 5 aromatic rings. The van der Waals surface area contributed by atoms with Crippen LogP contribution in [0.5, 0.6) is 0 Å². The number of allylic oxidation sites excluding steroid dienone is 5. The summed E-state index contributed by atoms with van der Waals surface area (Å²) in [6, 6.07) is 31.7. The number of carbonyl (C=O) groups excluding carboxylic acids is 4. The van der Waals surface area contributed by atoms with Crippen LogP contribution in [-0.2, 0) is 86.6 Å². The van der Waals surface area contributed by atoms with E-state index in [4.69, 9.17) is 38.3 Å². The third-order valence-electron chi connectivity index (χ3n) is 18.4. The van der Waals surface area contributed by atoms with Crippen LogP contribution >= 0.6 is 0 Å². The molecule has 0 bridgehead atoms. The maximum Gasteiger partial charge on any atom is 1.00 e. The van der Waals surface area contributed by atoms with Crippen LogP contribution in [0.2, 0.25) is 0 Å². The number of benzene rings is 5. The Balaban J connectivity index is 0.000000541. The van der Waals surface area contributed by atoms with E-state index in [2.05, 4.69) is 59.8 Å². The Morgan fingerprint density at radius 3 is 1.75 bits per heavy atom. The Morgan fingerprint density at radius 2 is 1.20 bits per heavy atom. The summed E-state index contributed by atoms with van der Waals surface area (Å²) < 4.78 is 145. The average molecular weight is 1630 g/mol. The number of aromatic carboxylic acids is 3. The topological polar surface area (TPSA) is 459 Å². The summed E-state index contributed by atoms with van der Waals surface area (Å²) in [7, 11) is -17.0. The number of halogens is 1. The number of para-hydroxylation sites is 1. The van der Waals surface area contributed by atoms with Crippen molar-refractivity contribution in [1.82, 2.24) is 0 Å². The van der Waals surface area contributed by atoms with Gasteiger partial charge in [-0.2, -0.15) is 63.4 Å². The number of anilines is 2. The minimum Gasteiger partial charge on any atom is -0.748 e. The summed E-state index contributed by atoms with van der Waals surface area (Å²) in [4.78, 5) is 80.4. The van der Waals surface area contributed by atoms with Gasteiger partial charge in [0, 0.05) is 103 Å². The van der Waals surface area contributed by atoms with Crippen molar-refractivity contribution in [1.29, 1.82) is 0 Å². The Morgan fingerprint density at radius 1 is 0.645 bits per heavy atom.